The van der Waals surface area contributed by atoms with Crippen LogP contribution in [0.1, 0.15) is 30.1 Å². The van der Waals surface area contributed by atoms with Crippen molar-refractivity contribution >= 4 is 27.3 Å². The summed E-state index contributed by atoms with van der Waals surface area (Å²) < 4.78 is 0.696. The van der Waals surface area contributed by atoms with E-state index in [1.165, 1.54) is 11.6 Å². The van der Waals surface area contributed by atoms with Gasteiger partial charge in [0.05, 0.1) is 16.7 Å². The van der Waals surface area contributed by atoms with Gasteiger partial charge < -0.3 is 5.32 Å². The molecule has 5 nitrogen and oxygen atoms in total. The van der Waals surface area contributed by atoms with Crippen molar-refractivity contribution in [3.8, 4) is 0 Å². The van der Waals surface area contributed by atoms with Gasteiger partial charge in [0.25, 0.3) is 5.69 Å². The first-order valence-corrected chi connectivity index (χ1v) is 7.59. The monoisotopic (exact) mass is 347 g/mol. The van der Waals surface area contributed by atoms with Crippen LogP contribution in [0.5, 0.6) is 0 Å². The van der Waals surface area contributed by atoms with Crippen molar-refractivity contribution < 1.29 is 4.92 Å². The van der Waals surface area contributed by atoms with Crippen molar-refractivity contribution in [3.63, 3.8) is 0 Å². The molecular weight excluding hydrogens is 334 g/mol. The van der Waals surface area contributed by atoms with E-state index in [-0.39, 0.29) is 16.7 Å². The zero-order chi connectivity index (χ0) is 14.8. The van der Waals surface area contributed by atoms with Crippen LogP contribution in [0.3, 0.4) is 0 Å². The molecule has 0 amide bonds. The normalized spacial score (nSPS) is 17.1. The van der Waals surface area contributed by atoms with Gasteiger partial charge in [-0.15, -0.1) is 0 Å². The molecule has 0 saturated heterocycles. The Labute approximate surface area is 130 Å². The molecule has 2 aromatic rings. The third-order valence-electron chi connectivity index (χ3n) is 3.68. The molecule has 0 spiro atoms. The van der Waals surface area contributed by atoms with E-state index < -0.39 is 0 Å². The maximum Gasteiger partial charge on any atom is 0.293 e. The number of benzene rings is 1. The first kappa shape index (κ1) is 14.0. The van der Waals surface area contributed by atoms with E-state index in [2.05, 4.69) is 32.3 Å². The minimum Gasteiger partial charge on any atom is -0.371 e. The standard InChI is InChI=1S/C15H14BrN3O2/c16-11-6-7-12(14(9-11)19(20)21)18-13-5-1-3-10-4-2-8-17-15(10)13/h2,4,6-9,13,18H,1,3,5H2. The quantitative estimate of drug-likeness (QED) is 0.665. The zero-order valence-electron chi connectivity index (χ0n) is 11.3. The van der Waals surface area contributed by atoms with Crippen molar-refractivity contribution in [1.29, 1.82) is 0 Å². The number of pyridine rings is 1. The van der Waals surface area contributed by atoms with Crippen LogP contribution in [-0.4, -0.2) is 9.91 Å². The maximum absolute atomic E-state index is 11.2. The third kappa shape index (κ3) is 2.90. The van der Waals surface area contributed by atoms with Gasteiger partial charge in [0.1, 0.15) is 5.69 Å². The predicted octanol–water partition coefficient (Wildman–Crippen LogP) is 4.24. The number of rotatable bonds is 3. The molecule has 1 aromatic carbocycles. The number of fused-ring (bicyclic) bond motifs is 1. The molecule has 6 heteroatoms. The number of aromatic nitrogens is 1. The number of hydrogen-bond donors (Lipinski definition) is 1. The van der Waals surface area contributed by atoms with Crippen LogP contribution >= 0.6 is 15.9 Å². The van der Waals surface area contributed by atoms with E-state index in [4.69, 9.17) is 0 Å². The highest BCUT2D eigenvalue weighted by Gasteiger charge is 2.24. The molecule has 0 radical (unpaired) electrons. The summed E-state index contributed by atoms with van der Waals surface area (Å²) in [6, 6.07) is 9.09. The average molecular weight is 348 g/mol. The second-order valence-electron chi connectivity index (χ2n) is 5.06. The molecule has 108 valence electrons. The first-order chi connectivity index (χ1) is 10.1. The molecule has 1 atom stereocenters. The average Bonchev–Trinajstić information content (AvgIpc) is 2.49. The van der Waals surface area contributed by atoms with Crippen LogP contribution in [0.2, 0.25) is 0 Å². The highest BCUT2D eigenvalue weighted by molar-refractivity contribution is 9.10. The van der Waals surface area contributed by atoms with E-state index in [0.717, 1.165) is 25.0 Å². The largest absolute Gasteiger partial charge is 0.371 e. The summed E-state index contributed by atoms with van der Waals surface area (Å²) in [4.78, 5) is 15.3. The second kappa shape index (κ2) is 5.81. The SMILES string of the molecule is O=[N+]([O-])c1cc(Br)ccc1NC1CCCc2cccnc21. The second-order valence-corrected chi connectivity index (χ2v) is 5.97. The summed E-state index contributed by atoms with van der Waals surface area (Å²) in [6.07, 6.45) is 4.77. The fourth-order valence-corrected chi connectivity index (χ4v) is 3.06. The van der Waals surface area contributed by atoms with Gasteiger partial charge in [-0.05, 0) is 43.0 Å². The van der Waals surface area contributed by atoms with Gasteiger partial charge in [-0.1, -0.05) is 22.0 Å². The molecule has 1 aromatic heterocycles. The van der Waals surface area contributed by atoms with E-state index in [0.29, 0.717) is 10.2 Å². The Kier molecular flexibility index (Phi) is 3.88. The van der Waals surface area contributed by atoms with Gasteiger partial charge in [-0.2, -0.15) is 0 Å². The Balaban J connectivity index is 1.93. The number of nitrogens with zero attached hydrogens (tertiary/aromatic N) is 2. The molecule has 1 heterocycles. The van der Waals surface area contributed by atoms with Crippen LogP contribution in [0.25, 0.3) is 0 Å². The van der Waals surface area contributed by atoms with Gasteiger partial charge in [0, 0.05) is 16.7 Å². The highest BCUT2D eigenvalue weighted by Crippen LogP contribution is 2.35. The van der Waals surface area contributed by atoms with Gasteiger partial charge >= 0.3 is 0 Å². The lowest BCUT2D eigenvalue weighted by atomic mass is 9.91. The zero-order valence-corrected chi connectivity index (χ0v) is 12.8. The number of nitro groups is 1. The maximum atomic E-state index is 11.2. The topological polar surface area (TPSA) is 68.1 Å². The lowest BCUT2D eigenvalue weighted by Crippen LogP contribution is -2.19. The molecule has 1 aliphatic carbocycles. The summed E-state index contributed by atoms with van der Waals surface area (Å²) in [5, 5.41) is 14.5. The minimum absolute atomic E-state index is 0.0230. The van der Waals surface area contributed by atoms with Gasteiger partial charge in [0.2, 0.25) is 0 Å². The summed E-state index contributed by atoms with van der Waals surface area (Å²) in [5.41, 5.74) is 2.83. The third-order valence-corrected chi connectivity index (χ3v) is 4.17. The van der Waals surface area contributed by atoms with E-state index in [9.17, 15) is 10.1 Å². The number of nitro benzene ring substituents is 1. The highest BCUT2D eigenvalue weighted by atomic mass is 79.9. The van der Waals surface area contributed by atoms with Crippen LogP contribution in [0, 0.1) is 10.1 Å². The fraction of sp³-hybridized carbons (Fsp3) is 0.267. The fourth-order valence-electron chi connectivity index (χ4n) is 2.72. The molecular formula is C15H14BrN3O2. The number of hydrogen-bond acceptors (Lipinski definition) is 4. The summed E-state index contributed by atoms with van der Waals surface area (Å²) in [5.74, 6) is 0. The number of nitrogens with one attached hydrogen (secondary N) is 1. The molecule has 0 aliphatic heterocycles. The Hall–Kier alpha value is -1.95. The van der Waals surface area contributed by atoms with Gasteiger partial charge in [-0.3, -0.25) is 15.1 Å². The predicted molar refractivity (Wildman–Crippen MR) is 84.3 cm³/mol. The van der Waals surface area contributed by atoms with Gasteiger partial charge in [-0.25, -0.2) is 0 Å². The van der Waals surface area contributed by atoms with Crippen LogP contribution in [0.4, 0.5) is 11.4 Å². The smallest absolute Gasteiger partial charge is 0.293 e. The van der Waals surface area contributed by atoms with Crippen LogP contribution < -0.4 is 5.32 Å². The molecule has 0 fully saturated rings. The van der Waals surface area contributed by atoms with Crippen molar-refractivity contribution in [2.24, 2.45) is 0 Å². The van der Waals surface area contributed by atoms with Crippen molar-refractivity contribution in [3.05, 3.63) is 62.4 Å². The molecule has 0 saturated carbocycles. The van der Waals surface area contributed by atoms with E-state index in [1.807, 2.05) is 6.07 Å². The Bertz CT molecular complexity index is 690. The van der Waals surface area contributed by atoms with E-state index >= 15 is 0 Å². The number of aryl methyl sites for hydroxylation is 1. The Morgan fingerprint density at radius 1 is 1.38 bits per heavy atom. The lowest BCUT2D eigenvalue weighted by molar-refractivity contribution is -0.384. The summed E-state index contributed by atoms with van der Waals surface area (Å²) >= 11 is 3.27. The molecule has 3 rings (SSSR count). The van der Waals surface area contributed by atoms with Crippen molar-refractivity contribution in [1.82, 2.24) is 4.98 Å². The summed E-state index contributed by atoms with van der Waals surface area (Å²) in [7, 11) is 0. The number of anilines is 1. The number of halogens is 1. The minimum atomic E-state index is -0.366. The molecule has 21 heavy (non-hydrogen) atoms. The molecule has 1 aliphatic rings. The first-order valence-electron chi connectivity index (χ1n) is 6.79. The lowest BCUT2D eigenvalue weighted by Gasteiger charge is -2.25. The van der Waals surface area contributed by atoms with Crippen molar-refractivity contribution in [2.75, 3.05) is 5.32 Å². The molecule has 0 bridgehead atoms. The Morgan fingerprint density at radius 2 is 2.24 bits per heavy atom. The Morgan fingerprint density at radius 3 is 3.05 bits per heavy atom. The van der Waals surface area contributed by atoms with E-state index in [1.54, 1.807) is 18.3 Å². The summed E-state index contributed by atoms with van der Waals surface area (Å²) in [6.45, 7) is 0. The van der Waals surface area contributed by atoms with Gasteiger partial charge in [0.15, 0.2) is 0 Å². The molecule has 1 unspecified atom stereocenters. The van der Waals surface area contributed by atoms with Crippen LogP contribution in [-0.2, 0) is 6.42 Å². The molecule has 1 N–H and O–H groups in total. The van der Waals surface area contributed by atoms with Crippen molar-refractivity contribution in [2.45, 2.75) is 25.3 Å². The van der Waals surface area contributed by atoms with Crippen LogP contribution in [0.15, 0.2) is 41.0 Å².